The maximum absolute atomic E-state index is 12.6. The summed E-state index contributed by atoms with van der Waals surface area (Å²) in [7, 11) is 1.43. The standard InChI is InChI=1S/C25H22N2O7/c1-32-15-10-11-22(20(12-15)24(30)27-34-14-23(28)29)26-25(31)33-13-21-18-8-4-2-6-16(18)17-7-3-5-9-19(17)21/h2-12,21H,13-14H2,1H3,(H,26,31)(H,27,30)(H,28,29). The summed E-state index contributed by atoms with van der Waals surface area (Å²) in [5.74, 6) is -1.75. The lowest BCUT2D eigenvalue weighted by atomic mass is 9.98. The van der Waals surface area contributed by atoms with E-state index < -0.39 is 24.6 Å². The number of nitrogens with one attached hydrogen (secondary N) is 2. The van der Waals surface area contributed by atoms with Gasteiger partial charge in [0, 0.05) is 5.92 Å². The lowest BCUT2D eigenvalue weighted by molar-refractivity contribution is -0.144. The normalized spacial score (nSPS) is 11.8. The largest absolute Gasteiger partial charge is 0.497 e. The fraction of sp³-hybridized carbons (Fsp3) is 0.160. The van der Waals surface area contributed by atoms with Crippen LogP contribution < -0.4 is 15.5 Å². The predicted molar refractivity (Wildman–Crippen MR) is 123 cm³/mol. The van der Waals surface area contributed by atoms with Crippen molar-refractivity contribution in [3.8, 4) is 16.9 Å². The Hall–Kier alpha value is -4.37. The van der Waals surface area contributed by atoms with Crippen LogP contribution in [0.15, 0.2) is 66.7 Å². The highest BCUT2D eigenvalue weighted by molar-refractivity contribution is 6.02. The van der Waals surface area contributed by atoms with Crippen LogP contribution in [0.4, 0.5) is 10.5 Å². The summed E-state index contributed by atoms with van der Waals surface area (Å²) >= 11 is 0. The molecular weight excluding hydrogens is 440 g/mol. The van der Waals surface area contributed by atoms with Crippen molar-refractivity contribution in [3.05, 3.63) is 83.4 Å². The molecule has 34 heavy (non-hydrogen) atoms. The number of anilines is 1. The third-order valence-corrected chi connectivity index (χ3v) is 5.41. The van der Waals surface area contributed by atoms with Crippen LogP contribution in [-0.4, -0.2) is 43.4 Å². The molecule has 1 aliphatic rings. The molecule has 0 spiro atoms. The first kappa shape index (κ1) is 22.8. The number of carbonyl (C=O) groups excluding carboxylic acids is 2. The van der Waals surface area contributed by atoms with Gasteiger partial charge in [-0.25, -0.2) is 15.1 Å². The van der Waals surface area contributed by atoms with Crippen LogP contribution in [0.25, 0.3) is 11.1 Å². The van der Waals surface area contributed by atoms with Crippen molar-refractivity contribution in [1.29, 1.82) is 0 Å². The zero-order valence-corrected chi connectivity index (χ0v) is 18.2. The number of carboxylic acid groups (broad SMARTS) is 1. The minimum atomic E-state index is -1.25. The van der Waals surface area contributed by atoms with Gasteiger partial charge in [0.05, 0.1) is 18.4 Å². The number of methoxy groups -OCH3 is 1. The summed E-state index contributed by atoms with van der Waals surface area (Å²) in [4.78, 5) is 40.3. The molecule has 0 unspecified atom stereocenters. The Labute approximate surface area is 195 Å². The average Bonchev–Trinajstić information content (AvgIpc) is 3.16. The van der Waals surface area contributed by atoms with Crippen LogP contribution in [0.3, 0.4) is 0 Å². The van der Waals surface area contributed by atoms with Gasteiger partial charge in [-0.2, -0.15) is 0 Å². The maximum Gasteiger partial charge on any atom is 0.411 e. The first-order valence-electron chi connectivity index (χ1n) is 10.4. The lowest BCUT2D eigenvalue weighted by Gasteiger charge is -2.16. The number of carboxylic acids is 1. The molecule has 1 aliphatic carbocycles. The highest BCUT2D eigenvalue weighted by Gasteiger charge is 2.29. The molecule has 9 heteroatoms. The van der Waals surface area contributed by atoms with Crippen molar-refractivity contribution >= 4 is 23.7 Å². The van der Waals surface area contributed by atoms with E-state index in [1.165, 1.54) is 19.2 Å². The van der Waals surface area contributed by atoms with Crippen LogP contribution in [0.5, 0.6) is 5.75 Å². The molecule has 9 nitrogen and oxygen atoms in total. The molecule has 0 heterocycles. The quantitative estimate of drug-likeness (QED) is 0.435. The molecule has 3 N–H and O–H groups in total. The molecule has 0 bridgehead atoms. The minimum Gasteiger partial charge on any atom is -0.497 e. The van der Waals surface area contributed by atoms with Crippen molar-refractivity contribution in [2.24, 2.45) is 0 Å². The first-order valence-corrected chi connectivity index (χ1v) is 10.4. The number of aliphatic carboxylic acids is 1. The van der Waals surface area contributed by atoms with E-state index in [2.05, 4.69) is 10.2 Å². The summed E-state index contributed by atoms with van der Waals surface area (Å²) in [6, 6.07) is 20.4. The molecule has 3 aromatic rings. The van der Waals surface area contributed by atoms with E-state index in [1.807, 2.05) is 54.0 Å². The van der Waals surface area contributed by atoms with Crippen molar-refractivity contribution in [2.45, 2.75) is 5.92 Å². The third-order valence-electron chi connectivity index (χ3n) is 5.41. The van der Waals surface area contributed by atoms with E-state index in [1.54, 1.807) is 6.07 Å². The van der Waals surface area contributed by atoms with E-state index in [0.717, 1.165) is 22.3 Å². The SMILES string of the molecule is COc1ccc(NC(=O)OCC2c3ccccc3-c3ccccc32)c(C(=O)NOCC(=O)O)c1. The molecule has 2 amide bonds. The molecular formula is C25H22N2O7. The number of benzene rings is 3. The van der Waals surface area contributed by atoms with Gasteiger partial charge in [-0.15, -0.1) is 0 Å². The highest BCUT2D eigenvalue weighted by Crippen LogP contribution is 2.44. The van der Waals surface area contributed by atoms with Gasteiger partial charge < -0.3 is 14.6 Å². The lowest BCUT2D eigenvalue weighted by Crippen LogP contribution is -2.28. The number of fused-ring (bicyclic) bond motifs is 3. The molecule has 0 fully saturated rings. The number of rotatable bonds is 8. The second-order valence-electron chi connectivity index (χ2n) is 7.48. The Morgan fingerprint density at radius 3 is 2.21 bits per heavy atom. The minimum absolute atomic E-state index is 0.0123. The Morgan fingerprint density at radius 1 is 0.941 bits per heavy atom. The molecule has 4 rings (SSSR count). The number of carbonyl (C=O) groups is 3. The zero-order valence-electron chi connectivity index (χ0n) is 18.2. The summed E-state index contributed by atoms with van der Waals surface area (Å²) in [6.45, 7) is -0.607. The van der Waals surface area contributed by atoms with Gasteiger partial charge in [0.25, 0.3) is 5.91 Å². The smallest absolute Gasteiger partial charge is 0.411 e. The number of hydrogen-bond acceptors (Lipinski definition) is 6. The number of ether oxygens (including phenoxy) is 2. The molecule has 0 saturated heterocycles. The average molecular weight is 462 g/mol. The third kappa shape index (κ3) is 4.84. The van der Waals surface area contributed by atoms with Crippen LogP contribution in [-0.2, 0) is 14.4 Å². The molecule has 0 radical (unpaired) electrons. The van der Waals surface area contributed by atoms with Crippen molar-refractivity contribution in [1.82, 2.24) is 5.48 Å². The van der Waals surface area contributed by atoms with Gasteiger partial charge in [-0.05, 0) is 40.5 Å². The second kappa shape index (κ2) is 10.1. The van der Waals surface area contributed by atoms with E-state index in [9.17, 15) is 14.4 Å². The Bertz CT molecular complexity index is 1200. The fourth-order valence-corrected chi connectivity index (χ4v) is 3.91. The predicted octanol–water partition coefficient (Wildman–Crippen LogP) is 3.80. The van der Waals surface area contributed by atoms with Gasteiger partial charge in [0.15, 0.2) is 6.61 Å². The maximum atomic E-state index is 12.6. The van der Waals surface area contributed by atoms with Crippen molar-refractivity contribution < 1.29 is 33.8 Å². The van der Waals surface area contributed by atoms with E-state index in [0.29, 0.717) is 5.75 Å². The molecule has 3 aromatic carbocycles. The Morgan fingerprint density at radius 2 is 1.59 bits per heavy atom. The number of hydroxylamine groups is 1. The van der Waals surface area contributed by atoms with Gasteiger partial charge >= 0.3 is 12.1 Å². The summed E-state index contributed by atoms with van der Waals surface area (Å²) in [5.41, 5.74) is 6.57. The van der Waals surface area contributed by atoms with Crippen LogP contribution in [0.1, 0.15) is 27.4 Å². The molecule has 174 valence electrons. The summed E-state index contributed by atoms with van der Waals surface area (Å²) in [5, 5.41) is 11.2. The molecule has 0 saturated carbocycles. The first-order chi connectivity index (χ1) is 16.5. The van der Waals surface area contributed by atoms with E-state index in [4.69, 9.17) is 14.6 Å². The Kier molecular flexibility index (Phi) is 6.74. The summed E-state index contributed by atoms with van der Waals surface area (Å²) in [6.07, 6.45) is -0.743. The van der Waals surface area contributed by atoms with Gasteiger partial charge in [-0.1, -0.05) is 48.5 Å². The van der Waals surface area contributed by atoms with Crippen LogP contribution >= 0.6 is 0 Å². The van der Waals surface area contributed by atoms with E-state index >= 15 is 0 Å². The zero-order chi connectivity index (χ0) is 24.1. The van der Waals surface area contributed by atoms with E-state index in [-0.39, 0.29) is 23.8 Å². The van der Waals surface area contributed by atoms with Gasteiger partial charge in [0.1, 0.15) is 12.4 Å². The fourth-order valence-electron chi connectivity index (χ4n) is 3.91. The molecule has 0 atom stereocenters. The number of amides is 2. The van der Waals surface area contributed by atoms with Crippen molar-refractivity contribution in [2.75, 3.05) is 25.6 Å². The highest BCUT2D eigenvalue weighted by atomic mass is 16.7. The van der Waals surface area contributed by atoms with Gasteiger partial charge in [-0.3, -0.25) is 14.9 Å². The number of hydrogen-bond donors (Lipinski definition) is 3. The van der Waals surface area contributed by atoms with Gasteiger partial charge in [0.2, 0.25) is 0 Å². The Balaban J connectivity index is 1.46. The second-order valence-corrected chi connectivity index (χ2v) is 7.48. The van der Waals surface area contributed by atoms with Crippen LogP contribution in [0, 0.1) is 0 Å². The molecule has 0 aromatic heterocycles. The summed E-state index contributed by atoms with van der Waals surface area (Å²) < 4.78 is 10.7. The monoisotopic (exact) mass is 462 g/mol. The topological polar surface area (TPSA) is 123 Å². The van der Waals surface area contributed by atoms with Crippen LogP contribution in [0.2, 0.25) is 0 Å². The van der Waals surface area contributed by atoms with Crippen molar-refractivity contribution in [3.63, 3.8) is 0 Å². The molecule has 0 aliphatic heterocycles.